The maximum absolute atomic E-state index is 11.2. The third kappa shape index (κ3) is 2.70. The molecule has 19 heavy (non-hydrogen) atoms. The van der Waals surface area contributed by atoms with E-state index in [-0.39, 0.29) is 5.69 Å². The van der Waals surface area contributed by atoms with Crippen molar-refractivity contribution in [1.29, 1.82) is 0 Å². The number of rotatable bonds is 3. The van der Waals surface area contributed by atoms with Gasteiger partial charge in [0.1, 0.15) is 4.34 Å². The molecule has 0 radical (unpaired) electrons. The Balaban J connectivity index is 1.79. The van der Waals surface area contributed by atoms with Crippen LogP contribution in [0.25, 0.3) is 11.0 Å². The summed E-state index contributed by atoms with van der Waals surface area (Å²) >= 11 is 10.9. The first-order valence-electron chi connectivity index (χ1n) is 5.51. The number of aromatic amines is 2. The molecule has 0 aliphatic heterocycles. The number of hydrogen-bond acceptors (Lipinski definition) is 3. The van der Waals surface area contributed by atoms with E-state index in [0.717, 1.165) is 30.4 Å². The maximum Gasteiger partial charge on any atom is 0.323 e. The van der Waals surface area contributed by atoms with Crippen LogP contribution < -0.4 is 11.0 Å². The van der Waals surface area contributed by atoms with Gasteiger partial charge < -0.3 is 15.3 Å². The third-order valence-electron chi connectivity index (χ3n) is 2.68. The second-order valence-corrected chi connectivity index (χ2v) is 6.62. The van der Waals surface area contributed by atoms with Gasteiger partial charge in [-0.05, 0) is 40.2 Å². The molecule has 0 fully saturated rings. The Morgan fingerprint density at radius 3 is 2.79 bits per heavy atom. The number of thiophene rings is 1. The second kappa shape index (κ2) is 5.03. The molecular weight excluding hydrogens is 350 g/mol. The van der Waals surface area contributed by atoms with Crippen LogP contribution >= 0.6 is 38.9 Å². The second-order valence-electron chi connectivity index (χ2n) is 4.03. The summed E-state index contributed by atoms with van der Waals surface area (Å²) in [6.07, 6.45) is 0. The highest BCUT2D eigenvalue weighted by Gasteiger charge is 2.05. The Morgan fingerprint density at radius 2 is 2.05 bits per heavy atom. The Labute approximate surface area is 125 Å². The van der Waals surface area contributed by atoms with E-state index in [0.29, 0.717) is 6.54 Å². The summed E-state index contributed by atoms with van der Waals surface area (Å²) in [7, 11) is 0. The molecule has 0 aliphatic rings. The summed E-state index contributed by atoms with van der Waals surface area (Å²) in [6, 6.07) is 7.69. The summed E-state index contributed by atoms with van der Waals surface area (Å²) < 4.78 is 1.67. The van der Waals surface area contributed by atoms with E-state index in [1.165, 1.54) is 11.3 Å². The lowest BCUT2D eigenvalue weighted by Gasteiger charge is -2.04. The van der Waals surface area contributed by atoms with Gasteiger partial charge in [0, 0.05) is 21.6 Å². The van der Waals surface area contributed by atoms with Gasteiger partial charge in [0.25, 0.3) is 0 Å². The van der Waals surface area contributed by atoms with Crippen LogP contribution in [0.4, 0.5) is 5.69 Å². The van der Waals surface area contributed by atoms with Crippen molar-refractivity contribution in [3.63, 3.8) is 0 Å². The highest BCUT2D eigenvalue weighted by Crippen LogP contribution is 2.32. The minimum Gasteiger partial charge on any atom is -0.380 e. The fourth-order valence-electron chi connectivity index (χ4n) is 1.81. The molecule has 2 aromatic heterocycles. The highest BCUT2D eigenvalue weighted by atomic mass is 79.9. The molecule has 98 valence electrons. The minimum atomic E-state index is -0.193. The monoisotopic (exact) mass is 357 g/mol. The van der Waals surface area contributed by atoms with Crippen LogP contribution in [-0.4, -0.2) is 9.97 Å². The number of hydrogen-bond donors (Lipinski definition) is 3. The predicted octanol–water partition coefficient (Wildman–Crippen LogP) is 3.95. The topological polar surface area (TPSA) is 60.7 Å². The van der Waals surface area contributed by atoms with Crippen molar-refractivity contribution in [1.82, 2.24) is 9.97 Å². The molecule has 0 atom stereocenters. The molecule has 3 N–H and O–H groups in total. The number of imidazole rings is 1. The van der Waals surface area contributed by atoms with Crippen LogP contribution in [0.2, 0.25) is 4.34 Å². The number of benzene rings is 1. The van der Waals surface area contributed by atoms with Crippen LogP contribution in [0.1, 0.15) is 4.88 Å². The van der Waals surface area contributed by atoms with Gasteiger partial charge in [-0.25, -0.2) is 4.79 Å². The minimum absolute atomic E-state index is 0.193. The molecule has 7 heteroatoms. The maximum atomic E-state index is 11.2. The van der Waals surface area contributed by atoms with Gasteiger partial charge >= 0.3 is 5.69 Å². The average molecular weight is 359 g/mol. The van der Waals surface area contributed by atoms with Gasteiger partial charge in [0.2, 0.25) is 0 Å². The van der Waals surface area contributed by atoms with E-state index < -0.39 is 0 Å². The van der Waals surface area contributed by atoms with Crippen molar-refractivity contribution in [2.24, 2.45) is 0 Å². The fourth-order valence-corrected chi connectivity index (χ4v) is 3.54. The van der Waals surface area contributed by atoms with Crippen LogP contribution in [0.15, 0.2) is 33.5 Å². The summed E-state index contributed by atoms with van der Waals surface area (Å²) in [5, 5.41) is 3.30. The van der Waals surface area contributed by atoms with Crippen LogP contribution in [0, 0.1) is 0 Å². The molecule has 0 spiro atoms. The van der Waals surface area contributed by atoms with Gasteiger partial charge in [-0.2, -0.15) is 0 Å². The van der Waals surface area contributed by atoms with Gasteiger partial charge in [0.15, 0.2) is 0 Å². The standard InChI is InChI=1S/C12H9BrClN3OS/c13-8-4-7(19-11(8)14)5-15-6-1-2-9-10(3-6)17-12(18)16-9/h1-4,15H,5H2,(H2,16,17,18). The Bertz CT molecular complexity index is 772. The molecule has 0 saturated carbocycles. The van der Waals surface area contributed by atoms with Crippen molar-refractivity contribution in [3.8, 4) is 0 Å². The predicted molar refractivity (Wildman–Crippen MR) is 83.3 cm³/mol. The van der Waals surface area contributed by atoms with E-state index in [9.17, 15) is 4.79 Å². The number of fused-ring (bicyclic) bond motifs is 1. The fraction of sp³-hybridized carbons (Fsp3) is 0.0833. The normalized spacial score (nSPS) is 11.1. The van der Waals surface area contributed by atoms with Crippen molar-refractivity contribution in [3.05, 3.63) is 48.4 Å². The first kappa shape index (κ1) is 12.8. The highest BCUT2D eigenvalue weighted by molar-refractivity contribution is 9.10. The largest absolute Gasteiger partial charge is 0.380 e. The molecule has 0 aliphatic carbocycles. The Hall–Kier alpha value is -1.24. The van der Waals surface area contributed by atoms with E-state index in [1.54, 1.807) is 0 Å². The van der Waals surface area contributed by atoms with E-state index in [2.05, 4.69) is 31.2 Å². The van der Waals surface area contributed by atoms with Gasteiger partial charge in [-0.1, -0.05) is 11.6 Å². The first-order chi connectivity index (χ1) is 9.11. The van der Waals surface area contributed by atoms with Gasteiger partial charge in [0.05, 0.1) is 11.0 Å². The molecule has 0 bridgehead atoms. The van der Waals surface area contributed by atoms with Crippen LogP contribution in [-0.2, 0) is 6.54 Å². The van der Waals surface area contributed by atoms with Crippen molar-refractivity contribution >= 4 is 55.6 Å². The van der Waals surface area contributed by atoms with Gasteiger partial charge in [-0.3, -0.25) is 0 Å². The lowest BCUT2D eigenvalue weighted by Crippen LogP contribution is -1.99. The molecule has 1 aromatic carbocycles. The Morgan fingerprint density at radius 1 is 1.26 bits per heavy atom. The smallest absolute Gasteiger partial charge is 0.323 e. The van der Waals surface area contributed by atoms with E-state index >= 15 is 0 Å². The zero-order valence-electron chi connectivity index (χ0n) is 9.59. The molecule has 4 nitrogen and oxygen atoms in total. The lowest BCUT2D eigenvalue weighted by atomic mass is 10.2. The van der Waals surface area contributed by atoms with E-state index in [1.807, 2.05) is 24.3 Å². The zero-order chi connectivity index (χ0) is 13.4. The van der Waals surface area contributed by atoms with Crippen LogP contribution in [0.3, 0.4) is 0 Å². The Kier molecular flexibility index (Phi) is 3.38. The number of anilines is 1. The quantitative estimate of drug-likeness (QED) is 0.664. The number of halogens is 2. The molecule has 3 rings (SSSR count). The molecule has 0 saturated heterocycles. The zero-order valence-corrected chi connectivity index (χ0v) is 12.7. The van der Waals surface area contributed by atoms with Crippen molar-refractivity contribution in [2.75, 3.05) is 5.32 Å². The molecule has 0 unspecified atom stereocenters. The molecule has 3 aromatic rings. The van der Waals surface area contributed by atoms with Crippen molar-refractivity contribution < 1.29 is 0 Å². The lowest BCUT2D eigenvalue weighted by molar-refractivity contribution is 1.19. The summed E-state index contributed by atoms with van der Waals surface area (Å²) in [6.45, 7) is 0.691. The first-order valence-corrected chi connectivity index (χ1v) is 7.50. The van der Waals surface area contributed by atoms with Gasteiger partial charge in [-0.15, -0.1) is 11.3 Å². The SMILES string of the molecule is O=c1[nH]c2ccc(NCc3cc(Br)c(Cl)s3)cc2[nH]1. The molecule has 0 amide bonds. The number of nitrogens with one attached hydrogen (secondary N) is 3. The van der Waals surface area contributed by atoms with Crippen LogP contribution in [0.5, 0.6) is 0 Å². The summed E-state index contributed by atoms with van der Waals surface area (Å²) in [5.74, 6) is 0. The number of aromatic nitrogens is 2. The molecule has 2 heterocycles. The third-order valence-corrected chi connectivity index (χ3v) is 5.15. The summed E-state index contributed by atoms with van der Waals surface area (Å²) in [5.41, 5.74) is 2.35. The average Bonchev–Trinajstić information content (AvgIpc) is 2.88. The van der Waals surface area contributed by atoms with Crippen molar-refractivity contribution in [2.45, 2.75) is 6.54 Å². The summed E-state index contributed by atoms with van der Waals surface area (Å²) in [4.78, 5) is 17.8. The number of H-pyrrole nitrogens is 2. The molecular formula is C12H9BrClN3OS. The van der Waals surface area contributed by atoms with E-state index in [4.69, 9.17) is 11.6 Å².